The van der Waals surface area contributed by atoms with Crippen LogP contribution in [0.1, 0.15) is 154 Å². The van der Waals surface area contributed by atoms with Crippen LogP contribution in [0.3, 0.4) is 0 Å². The van der Waals surface area contributed by atoms with Gasteiger partial charge in [0, 0.05) is 0 Å². The maximum absolute atomic E-state index is 14.4. The van der Waals surface area contributed by atoms with Gasteiger partial charge in [-0.15, -0.1) is 0 Å². The Balaban J connectivity index is 1.76. The molecule has 0 radical (unpaired) electrons. The van der Waals surface area contributed by atoms with Crippen LogP contribution in [-0.4, -0.2) is 34.1 Å². The van der Waals surface area contributed by atoms with E-state index < -0.39 is 45.5 Å². The van der Waals surface area contributed by atoms with Crippen molar-refractivity contribution in [3.63, 3.8) is 0 Å². The molecule has 7 nitrogen and oxygen atoms in total. The summed E-state index contributed by atoms with van der Waals surface area (Å²) in [7, 11) is 0. The topological polar surface area (TPSA) is 118 Å². The maximum Gasteiger partial charge on any atom is 0.320 e. The summed E-state index contributed by atoms with van der Waals surface area (Å²) in [5.41, 5.74) is -4.98. The van der Waals surface area contributed by atoms with Crippen molar-refractivity contribution in [1.82, 2.24) is 0 Å². The number of carbonyl (C=O) groups excluding carboxylic acids is 2. The summed E-state index contributed by atoms with van der Waals surface area (Å²) in [6.07, 6.45) is 16.9. The lowest BCUT2D eigenvalue weighted by molar-refractivity contribution is -0.197. The van der Waals surface area contributed by atoms with Crippen LogP contribution in [-0.2, 0) is 23.9 Å². The molecule has 0 amide bonds. The number of carboxylic acid groups (broad SMARTS) is 2. The molecule has 4 aliphatic rings. The van der Waals surface area contributed by atoms with Gasteiger partial charge in [-0.05, 0) is 51.4 Å². The monoisotopic (exact) mass is 546 g/mol. The van der Waals surface area contributed by atoms with E-state index in [1.165, 1.54) is 0 Å². The molecule has 4 fully saturated rings. The molecule has 0 saturated heterocycles. The third kappa shape index (κ3) is 5.40. The minimum Gasteiger partial charge on any atom is -0.481 e. The normalized spacial score (nSPS) is 27.0. The number of carbonyl (C=O) groups is 4. The number of hydrogen-bond acceptors (Lipinski definition) is 5. The Kier molecular flexibility index (Phi) is 9.80. The summed E-state index contributed by atoms with van der Waals surface area (Å²) in [6, 6.07) is 0. The summed E-state index contributed by atoms with van der Waals surface area (Å²) in [5, 5.41) is 21.4. The largest absolute Gasteiger partial charge is 0.481 e. The van der Waals surface area contributed by atoms with Crippen LogP contribution in [0, 0.1) is 21.7 Å². The minimum atomic E-state index is -1.25. The lowest BCUT2D eigenvalue weighted by Crippen LogP contribution is -2.57. The van der Waals surface area contributed by atoms with E-state index in [9.17, 15) is 29.4 Å². The zero-order valence-electron chi connectivity index (χ0n) is 23.9. The molecule has 0 atom stereocenters. The van der Waals surface area contributed by atoms with E-state index in [0.29, 0.717) is 51.4 Å². The third-order valence-corrected chi connectivity index (χ3v) is 11.4. The summed E-state index contributed by atoms with van der Waals surface area (Å²) in [6.45, 7) is 0. The summed E-state index contributed by atoms with van der Waals surface area (Å²) in [4.78, 5) is 55.1. The van der Waals surface area contributed by atoms with Gasteiger partial charge in [0.25, 0.3) is 0 Å². The number of rotatable bonds is 6. The molecule has 0 bridgehead atoms. The molecule has 0 aromatic heterocycles. The van der Waals surface area contributed by atoms with Gasteiger partial charge in [0.2, 0.25) is 0 Å². The average molecular weight is 547 g/mol. The fraction of sp³-hybridized carbons (Fsp3) is 0.875. The summed E-state index contributed by atoms with van der Waals surface area (Å²) >= 11 is 0. The Hall–Kier alpha value is -1.92. The lowest BCUT2D eigenvalue weighted by atomic mass is 9.55. The first-order chi connectivity index (χ1) is 18.8. The molecule has 220 valence electrons. The van der Waals surface area contributed by atoms with E-state index in [4.69, 9.17) is 4.74 Å². The van der Waals surface area contributed by atoms with Crippen molar-refractivity contribution in [3.8, 4) is 0 Å². The zero-order valence-corrected chi connectivity index (χ0v) is 23.9. The first-order valence-electron chi connectivity index (χ1n) is 16.0. The van der Waals surface area contributed by atoms with Crippen LogP contribution in [0.2, 0.25) is 0 Å². The van der Waals surface area contributed by atoms with Gasteiger partial charge < -0.3 is 14.9 Å². The predicted octanol–water partition coefficient (Wildman–Crippen LogP) is 7.59. The molecule has 4 saturated carbocycles. The molecule has 0 aromatic rings. The Morgan fingerprint density at radius 2 is 0.564 bits per heavy atom. The Labute approximate surface area is 233 Å². The molecule has 0 heterocycles. The smallest absolute Gasteiger partial charge is 0.320 e. The van der Waals surface area contributed by atoms with Crippen molar-refractivity contribution in [2.75, 3.05) is 0 Å². The number of carboxylic acids is 2. The predicted molar refractivity (Wildman–Crippen MR) is 147 cm³/mol. The number of esters is 2. The van der Waals surface area contributed by atoms with E-state index in [2.05, 4.69) is 0 Å². The third-order valence-electron chi connectivity index (χ3n) is 11.4. The molecule has 39 heavy (non-hydrogen) atoms. The molecule has 0 unspecified atom stereocenters. The summed E-state index contributed by atoms with van der Waals surface area (Å²) in [5.74, 6) is -3.25. The molecule has 2 N–H and O–H groups in total. The second-order valence-electron chi connectivity index (χ2n) is 13.3. The van der Waals surface area contributed by atoms with Gasteiger partial charge in [-0.3, -0.25) is 19.2 Å². The molecule has 0 spiro atoms. The maximum atomic E-state index is 14.4. The van der Waals surface area contributed by atoms with Gasteiger partial charge in [0.05, 0.1) is 21.7 Å². The average Bonchev–Trinajstić information content (AvgIpc) is 3.50. The van der Waals surface area contributed by atoms with E-state index >= 15 is 0 Å². The Morgan fingerprint density at radius 3 is 0.769 bits per heavy atom. The SMILES string of the molecule is O=C(O)C1(C2(C(=O)OC(=O)C3(C4(C(=O)O)CCCCCC4)CCCCCC3)CCCCCC2)CCCCCC1. The molecule has 7 heteroatoms. The van der Waals surface area contributed by atoms with Crippen LogP contribution in [0.4, 0.5) is 0 Å². The van der Waals surface area contributed by atoms with Crippen LogP contribution < -0.4 is 0 Å². The van der Waals surface area contributed by atoms with E-state index in [0.717, 1.165) is 103 Å². The van der Waals surface area contributed by atoms with Gasteiger partial charge in [-0.25, -0.2) is 0 Å². The van der Waals surface area contributed by atoms with Crippen molar-refractivity contribution in [1.29, 1.82) is 0 Å². The first-order valence-corrected chi connectivity index (χ1v) is 16.0. The van der Waals surface area contributed by atoms with Crippen molar-refractivity contribution < 1.29 is 34.1 Å². The fourth-order valence-corrected chi connectivity index (χ4v) is 9.16. The van der Waals surface area contributed by atoms with Gasteiger partial charge >= 0.3 is 23.9 Å². The molecule has 0 aromatic carbocycles. The molecule has 4 aliphatic carbocycles. The molecule has 0 aliphatic heterocycles. The molecular weight excluding hydrogens is 496 g/mol. The molecular formula is C32H50O7. The number of aliphatic carboxylic acids is 2. The summed E-state index contributed by atoms with van der Waals surface area (Å²) < 4.78 is 5.98. The van der Waals surface area contributed by atoms with E-state index in [1.54, 1.807) is 0 Å². The highest BCUT2D eigenvalue weighted by atomic mass is 16.6. The fourth-order valence-electron chi connectivity index (χ4n) is 9.16. The quantitative estimate of drug-likeness (QED) is 0.200. The zero-order chi connectivity index (χ0) is 28.0. The highest BCUT2D eigenvalue weighted by molar-refractivity contribution is 5.97. The van der Waals surface area contributed by atoms with Crippen LogP contribution in [0.25, 0.3) is 0 Å². The minimum absolute atomic E-state index is 0.419. The van der Waals surface area contributed by atoms with E-state index in [-0.39, 0.29) is 0 Å². The van der Waals surface area contributed by atoms with Gasteiger partial charge in [0.15, 0.2) is 0 Å². The number of hydrogen-bond donors (Lipinski definition) is 2. The highest BCUT2D eigenvalue weighted by Gasteiger charge is 2.64. The first kappa shape index (κ1) is 30.0. The standard InChI is InChI=1S/C32H50O7/c33-25(34)29(17-9-1-2-10-18-29)31(21-13-5-6-14-22-31)27(37)39-28(38)32(23-15-7-8-16-24-32)30(26(35)36)19-11-3-4-12-20-30/h1-24H2,(H,33,34)(H,35,36). The van der Waals surface area contributed by atoms with Crippen LogP contribution in [0.5, 0.6) is 0 Å². The lowest BCUT2D eigenvalue weighted by Gasteiger charge is -2.48. The van der Waals surface area contributed by atoms with Crippen LogP contribution in [0.15, 0.2) is 0 Å². The van der Waals surface area contributed by atoms with Crippen LogP contribution >= 0.6 is 0 Å². The van der Waals surface area contributed by atoms with Gasteiger partial charge in [0.1, 0.15) is 0 Å². The Morgan fingerprint density at radius 1 is 0.359 bits per heavy atom. The number of ether oxygens (including phenoxy) is 1. The second-order valence-corrected chi connectivity index (χ2v) is 13.3. The van der Waals surface area contributed by atoms with Crippen molar-refractivity contribution in [3.05, 3.63) is 0 Å². The van der Waals surface area contributed by atoms with Gasteiger partial charge in [-0.1, -0.05) is 103 Å². The van der Waals surface area contributed by atoms with Gasteiger partial charge in [-0.2, -0.15) is 0 Å². The van der Waals surface area contributed by atoms with Crippen molar-refractivity contribution in [2.24, 2.45) is 21.7 Å². The van der Waals surface area contributed by atoms with E-state index in [1.807, 2.05) is 0 Å². The highest BCUT2D eigenvalue weighted by Crippen LogP contribution is 2.59. The second kappa shape index (κ2) is 12.7. The van der Waals surface area contributed by atoms with Crippen molar-refractivity contribution in [2.45, 2.75) is 154 Å². The van der Waals surface area contributed by atoms with Crippen molar-refractivity contribution >= 4 is 23.9 Å². The Bertz CT molecular complexity index is 802. The molecule has 4 rings (SSSR count).